The first kappa shape index (κ1) is 15.2. The van der Waals surface area contributed by atoms with E-state index in [9.17, 15) is 21.6 Å². The number of nitrogens with one attached hydrogen (secondary N) is 2. The van der Waals surface area contributed by atoms with Crippen LogP contribution in [0, 0.1) is 0 Å². The highest BCUT2D eigenvalue weighted by Gasteiger charge is 2.18. The predicted molar refractivity (Wildman–Crippen MR) is 70.3 cm³/mol. The van der Waals surface area contributed by atoms with Crippen LogP contribution in [0.25, 0.3) is 0 Å². The molecule has 0 heterocycles. The van der Waals surface area contributed by atoms with E-state index >= 15 is 0 Å². The molecule has 19 heavy (non-hydrogen) atoms. The van der Waals surface area contributed by atoms with Gasteiger partial charge in [0, 0.05) is 0 Å². The second-order valence-electron chi connectivity index (χ2n) is 3.78. The van der Waals surface area contributed by atoms with Crippen molar-refractivity contribution >= 4 is 37.4 Å². The van der Waals surface area contributed by atoms with E-state index in [0.717, 1.165) is 18.6 Å². The van der Waals surface area contributed by atoms with Crippen LogP contribution in [0.5, 0.6) is 0 Å². The number of aromatic carboxylic acids is 1. The first-order valence-electron chi connectivity index (χ1n) is 4.81. The molecule has 1 rings (SSSR count). The Bertz CT molecular complexity index is 708. The van der Waals surface area contributed by atoms with Crippen LogP contribution >= 0.6 is 0 Å². The summed E-state index contributed by atoms with van der Waals surface area (Å²) < 4.78 is 48.8. The Kier molecular flexibility index (Phi) is 4.06. The monoisotopic (exact) mass is 308 g/mol. The summed E-state index contributed by atoms with van der Waals surface area (Å²) in [7, 11) is -7.43. The third-order valence-corrected chi connectivity index (χ3v) is 3.04. The van der Waals surface area contributed by atoms with Crippen LogP contribution < -0.4 is 9.44 Å². The van der Waals surface area contributed by atoms with Crippen LogP contribution in [0.3, 0.4) is 0 Å². The molecule has 0 atom stereocenters. The van der Waals surface area contributed by atoms with Crippen molar-refractivity contribution in [3.05, 3.63) is 23.8 Å². The lowest BCUT2D eigenvalue weighted by Gasteiger charge is -2.14. The van der Waals surface area contributed by atoms with Crippen molar-refractivity contribution in [1.29, 1.82) is 0 Å². The Morgan fingerprint density at radius 2 is 1.58 bits per heavy atom. The largest absolute Gasteiger partial charge is 0.478 e. The van der Waals surface area contributed by atoms with Crippen LogP contribution in [0.15, 0.2) is 18.2 Å². The molecule has 1 aromatic rings. The van der Waals surface area contributed by atoms with Crippen LogP contribution in [-0.4, -0.2) is 40.4 Å². The van der Waals surface area contributed by atoms with Gasteiger partial charge in [0.15, 0.2) is 0 Å². The summed E-state index contributed by atoms with van der Waals surface area (Å²) >= 11 is 0. The van der Waals surface area contributed by atoms with E-state index in [4.69, 9.17) is 5.11 Å². The summed E-state index contributed by atoms with van der Waals surface area (Å²) in [6.07, 6.45) is 1.69. The molecule has 10 heteroatoms. The van der Waals surface area contributed by atoms with Gasteiger partial charge < -0.3 is 5.11 Å². The first-order valence-corrected chi connectivity index (χ1v) is 8.60. The van der Waals surface area contributed by atoms with Crippen LogP contribution in [0.1, 0.15) is 10.4 Å². The Morgan fingerprint density at radius 1 is 1.05 bits per heavy atom. The number of rotatable bonds is 5. The maximum Gasteiger partial charge on any atom is 0.337 e. The fraction of sp³-hybridized carbons (Fsp3) is 0.222. The van der Waals surface area contributed by atoms with E-state index in [2.05, 4.69) is 0 Å². The number of carboxylic acid groups (broad SMARTS) is 1. The van der Waals surface area contributed by atoms with Crippen molar-refractivity contribution in [1.82, 2.24) is 0 Å². The van der Waals surface area contributed by atoms with Crippen molar-refractivity contribution < 1.29 is 26.7 Å². The summed E-state index contributed by atoms with van der Waals surface area (Å²) in [5.41, 5.74) is -0.852. The van der Waals surface area contributed by atoms with Crippen LogP contribution in [-0.2, 0) is 20.0 Å². The molecule has 0 bridgehead atoms. The van der Waals surface area contributed by atoms with Crippen molar-refractivity contribution in [2.24, 2.45) is 0 Å². The molecule has 3 N–H and O–H groups in total. The Balaban J connectivity index is 3.46. The van der Waals surface area contributed by atoms with E-state index in [1.807, 2.05) is 9.44 Å². The second kappa shape index (κ2) is 5.05. The maximum atomic E-state index is 11.2. The van der Waals surface area contributed by atoms with E-state index in [-0.39, 0.29) is 16.9 Å². The lowest BCUT2D eigenvalue weighted by atomic mass is 10.1. The lowest BCUT2D eigenvalue weighted by molar-refractivity contribution is 0.0698. The number of sulfonamides is 2. The van der Waals surface area contributed by atoms with Crippen molar-refractivity contribution in [2.45, 2.75) is 0 Å². The quantitative estimate of drug-likeness (QED) is 0.708. The number of hydrogen-bond acceptors (Lipinski definition) is 5. The van der Waals surface area contributed by atoms with Crippen LogP contribution in [0.4, 0.5) is 11.4 Å². The van der Waals surface area contributed by atoms with Crippen molar-refractivity contribution in [3.8, 4) is 0 Å². The van der Waals surface area contributed by atoms with Gasteiger partial charge >= 0.3 is 5.97 Å². The molecule has 106 valence electrons. The molecule has 8 nitrogen and oxygen atoms in total. The zero-order valence-corrected chi connectivity index (χ0v) is 11.7. The smallest absolute Gasteiger partial charge is 0.337 e. The molecule has 0 amide bonds. The third-order valence-electron chi connectivity index (χ3n) is 1.88. The molecule has 0 aromatic heterocycles. The van der Waals surface area contributed by atoms with Gasteiger partial charge in [0.1, 0.15) is 0 Å². The number of hydrogen-bond donors (Lipinski definition) is 3. The molecular weight excluding hydrogens is 296 g/mol. The highest BCUT2D eigenvalue weighted by Crippen LogP contribution is 2.28. The van der Waals surface area contributed by atoms with E-state index in [1.165, 1.54) is 12.1 Å². The van der Waals surface area contributed by atoms with Gasteiger partial charge in [-0.15, -0.1) is 0 Å². The summed E-state index contributed by atoms with van der Waals surface area (Å²) in [4.78, 5) is 11.0. The summed E-state index contributed by atoms with van der Waals surface area (Å²) in [6, 6.07) is 3.70. The SMILES string of the molecule is CS(=O)(=O)Nc1cccc(C(=O)O)c1NS(C)(=O)=O. The van der Waals surface area contributed by atoms with Gasteiger partial charge in [0.2, 0.25) is 20.0 Å². The van der Waals surface area contributed by atoms with Gasteiger partial charge in [-0.2, -0.15) is 0 Å². The summed E-state index contributed by atoms with van der Waals surface area (Å²) in [6.45, 7) is 0. The highest BCUT2D eigenvalue weighted by atomic mass is 32.2. The number of carboxylic acids is 1. The topological polar surface area (TPSA) is 130 Å². The first-order chi connectivity index (χ1) is 8.49. The van der Waals surface area contributed by atoms with Gasteiger partial charge in [-0.1, -0.05) is 6.07 Å². The molecule has 0 radical (unpaired) electrons. The van der Waals surface area contributed by atoms with E-state index < -0.39 is 26.0 Å². The number of para-hydroxylation sites is 1. The van der Waals surface area contributed by atoms with Gasteiger partial charge in [-0.05, 0) is 12.1 Å². The Morgan fingerprint density at radius 3 is 2.00 bits per heavy atom. The fourth-order valence-electron chi connectivity index (χ4n) is 1.31. The molecule has 0 spiro atoms. The van der Waals surface area contributed by atoms with Crippen LogP contribution in [0.2, 0.25) is 0 Å². The Hall–Kier alpha value is -1.81. The molecule has 0 aliphatic carbocycles. The minimum Gasteiger partial charge on any atom is -0.478 e. The van der Waals surface area contributed by atoms with Gasteiger partial charge in [-0.25, -0.2) is 21.6 Å². The third kappa shape index (κ3) is 4.75. The normalized spacial score (nSPS) is 11.9. The molecular formula is C9H12N2O6S2. The van der Waals surface area contributed by atoms with E-state index in [1.54, 1.807) is 0 Å². The number of carbonyl (C=O) groups is 1. The molecule has 0 aliphatic rings. The minimum absolute atomic E-state index is 0.159. The van der Waals surface area contributed by atoms with Crippen molar-refractivity contribution in [2.75, 3.05) is 22.0 Å². The Labute approximate surface area is 110 Å². The maximum absolute atomic E-state index is 11.2. The molecule has 1 aromatic carbocycles. The molecule has 0 saturated heterocycles. The van der Waals surface area contributed by atoms with Gasteiger partial charge in [0.25, 0.3) is 0 Å². The fourth-order valence-corrected chi connectivity index (χ4v) is 2.47. The predicted octanol–water partition coefficient (Wildman–Crippen LogP) is 0.128. The number of anilines is 2. The zero-order valence-electron chi connectivity index (χ0n) is 10.0. The van der Waals surface area contributed by atoms with Crippen molar-refractivity contribution in [3.63, 3.8) is 0 Å². The minimum atomic E-state index is -3.76. The standard InChI is InChI=1S/C9H12N2O6S2/c1-18(14,15)10-7-5-3-4-6(9(12)13)8(7)11-19(2,16)17/h3-5,10-11H,1-2H3,(H,12,13). The summed E-state index contributed by atoms with van der Waals surface area (Å²) in [5.74, 6) is -1.39. The average Bonchev–Trinajstić information content (AvgIpc) is 2.15. The van der Waals surface area contributed by atoms with E-state index in [0.29, 0.717) is 0 Å². The molecule has 0 fully saturated rings. The highest BCUT2D eigenvalue weighted by molar-refractivity contribution is 7.92. The summed E-state index contributed by atoms with van der Waals surface area (Å²) in [5, 5.41) is 8.97. The van der Waals surface area contributed by atoms with Gasteiger partial charge in [0.05, 0.1) is 29.4 Å². The zero-order chi connectivity index (χ0) is 14.8. The average molecular weight is 308 g/mol. The molecule has 0 aliphatic heterocycles. The molecule has 0 saturated carbocycles. The number of benzene rings is 1. The second-order valence-corrected chi connectivity index (χ2v) is 7.28. The van der Waals surface area contributed by atoms with Gasteiger partial charge in [-0.3, -0.25) is 9.44 Å². The lowest BCUT2D eigenvalue weighted by Crippen LogP contribution is -2.17. The molecule has 0 unspecified atom stereocenters.